The smallest absolute Gasteiger partial charge is 0.164 e. The van der Waals surface area contributed by atoms with E-state index in [2.05, 4.69) is 121 Å². The molecule has 48 heavy (non-hydrogen) atoms. The number of hydrogen-bond acceptors (Lipinski definition) is 5. The Morgan fingerprint density at radius 1 is 0.396 bits per heavy atom. The normalized spacial score (nSPS) is 11.8. The van der Waals surface area contributed by atoms with Gasteiger partial charge in [-0.05, 0) is 52.2 Å². The van der Waals surface area contributed by atoms with Crippen molar-refractivity contribution in [2.75, 3.05) is 0 Å². The molecule has 0 saturated carbocycles. The van der Waals surface area contributed by atoms with Gasteiger partial charge in [0.2, 0.25) is 0 Å². The Morgan fingerprint density at radius 2 is 1.04 bits per heavy atom. The fraction of sp³-hybridized carbons (Fsp3) is 0. The second-order valence-electron chi connectivity index (χ2n) is 12.0. The van der Waals surface area contributed by atoms with E-state index in [1.54, 1.807) is 11.3 Å². The lowest BCUT2D eigenvalue weighted by Crippen LogP contribution is -2.00. The Morgan fingerprint density at radius 3 is 1.94 bits per heavy atom. The minimum atomic E-state index is 0.613. The molecule has 0 saturated heterocycles. The molecule has 0 N–H and O–H groups in total. The number of hydrogen-bond donors (Lipinski definition) is 0. The van der Waals surface area contributed by atoms with Crippen LogP contribution in [0.2, 0.25) is 0 Å². The van der Waals surface area contributed by atoms with E-state index in [9.17, 15) is 0 Å². The van der Waals surface area contributed by atoms with Crippen LogP contribution in [0.15, 0.2) is 156 Å². The average molecular weight is 632 g/mol. The van der Waals surface area contributed by atoms with Crippen LogP contribution in [0.4, 0.5) is 0 Å². The standard InChI is InChI=1S/C43H25N3OS/c1-2-9-29-24-30(21-18-26(29)8-1)27-16-19-28(20-17-27)41-44-42(31-22-23-33-32-10-4-6-15-38(32)48-39(33)25-31)46-43(45-41)35-12-7-14-37-40(35)34-11-3-5-13-36(34)47-37/h1-25H. The van der Waals surface area contributed by atoms with Crippen LogP contribution in [0, 0.1) is 0 Å². The molecule has 0 spiro atoms. The van der Waals surface area contributed by atoms with Gasteiger partial charge in [0.25, 0.3) is 0 Å². The summed E-state index contributed by atoms with van der Waals surface area (Å²) in [5.41, 5.74) is 6.76. The molecule has 7 aromatic carbocycles. The molecule has 0 fully saturated rings. The number of fused-ring (bicyclic) bond motifs is 7. The van der Waals surface area contributed by atoms with Gasteiger partial charge in [0.1, 0.15) is 11.2 Å². The van der Waals surface area contributed by atoms with Gasteiger partial charge < -0.3 is 4.42 Å². The van der Waals surface area contributed by atoms with Crippen molar-refractivity contribution >= 4 is 64.2 Å². The third-order valence-corrected chi connectivity index (χ3v) is 10.3. The SMILES string of the molecule is c1ccc2cc(-c3ccc(-c4nc(-c5ccc6c(c5)sc5ccccc56)nc(-c5cccc6oc7ccccc7c56)n4)cc3)ccc2c1. The Balaban J connectivity index is 1.15. The van der Waals surface area contributed by atoms with Crippen molar-refractivity contribution in [2.45, 2.75) is 0 Å². The molecule has 3 aromatic heterocycles. The first-order valence-electron chi connectivity index (χ1n) is 15.9. The van der Waals surface area contributed by atoms with Gasteiger partial charge in [-0.1, -0.05) is 121 Å². The number of aromatic nitrogens is 3. The highest BCUT2D eigenvalue weighted by atomic mass is 32.1. The van der Waals surface area contributed by atoms with Crippen LogP contribution in [-0.4, -0.2) is 15.0 Å². The minimum Gasteiger partial charge on any atom is -0.456 e. The number of furan rings is 1. The quantitative estimate of drug-likeness (QED) is 0.194. The van der Waals surface area contributed by atoms with E-state index < -0.39 is 0 Å². The van der Waals surface area contributed by atoms with Crippen LogP contribution < -0.4 is 0 Å². The molecule has 10 aromatic rings. The molecule has 10 rings (SSSR count). The molecule has 0 aliphatic carbocycles. The zero-order chi connectivity index (χ0) is 31.6. The van der Waals surface area contributed by atoms with Gasteiger partial charge in [-0.15, -0.1) is 11.3 Å². The van der Waals surface area contributed by atoms with E-state index in [1.807, 2.05) is 30.3 Å². The second kappa shape index (κ2) is 10.7. The summed E-state index contributed by atoms with van der Waals surface area (Å²) in [5.74, 6) is 1.88. The van der Waals surface area contributed by atoms with E-state index in [0.29, 0.717) is 17.5 Å². The Bertz CT molecular complexity index is 2850. The Hall–Kier alpha value is -6.17. The minimum absolute atomic E-state index is 0.613. The molecule has 3 heterocycles. The molecular formula is C43H25N3OS. The summed E-state index contributed by atoms with van der Waals surface area (Å²) >= 11 is 1.79. The van der Waals surface area contributed by atoms with Crippen molar-refractivity contribution < 1.29 is 4.42 Å². The van der Waals surface area contributed by atoms with Crippen molar-refractivity contribution in [1.82, 2.24) is 15.0 Å². The Labute approximate surface area is 279 Å². The maximum absolute atomic E-state index is 6.23. The predicted octanol–water partition coefficient (Wildman–Crippen LogP) is 12.0. The van der Waals surface area contributed by atoms with Gasteiger partial charge in [-0.25, -0.2) is 15.0 Å². The van der Waals surface area contributed by atoms with E-state index >= 15 is 0 Å². The first kappa shape index (κ1) is 27.0. The lowest BCUT2D eigenvalue weighted by Gasteiger charge is -2.10. The molecule has 0 unspecified atom stereocenters. The molecule has 0 aliphatic heterocycles. The zero-order valence-corrected chi connectivity index (χ0v) is 26.4. The number of para-hydroxylation sites is 1. The first-order valence-corrected chi connectivity index (χ1v) is 16.7. The maximum Gasteiger partial charge on any atom is 0.164 e. The fourth-order valence-electron chi connectivity index (χ4n) is 6.76. The van der Waals surface area contributed by atoms with Gasteiger partial charge >= 0.3 is 0 Å². The molecule has 4 nitrogen and oxygen atoms in total. The highest BCUT2D eigenvalue weighted by Gasteiger charge is 2.18. The summed E-state index contributed by atoms with van der Waals surface area (Å²) in [5, 5.41) is 7.01. The van der Waals surface area contributed by atoms with Crippen LogP contribution in [0.25, 0.3) is 98.2 Å². The molecule has 0 radical (unpaired) electrons. The van der Waals surface area contributed by atoms with Crippen LogP contribution in [0.1, 0.15) is 0 Å². The van der Waals surface area contributed by atoms with Gasteiger partial charge in [0, 0.05) is 47.6 Å². The fourth-order valence-corrected chi connectivity index (χ4v) is 7.91. The summed E-state index contributed by atoms with van der Waals surface area (Å²) in [6.07, 6.45) is 0. The number of rotatable bonds is 4. The van der Waals surface area contributed by atoms with Crippen LogP contribution in [0.5, 0.6) is 0 Å². The molecule has 0 aliphatic rings. The second-order valence-corrected chi connectivity index (χ2v) is 13.1. The van der Waals surface area contributed by atoms with Crippen molar-refractivity contribution in [3.63, 3.8) is 0 Å². The summed E-state index contributed by atoms with van der Waals surface area (Å²) < 4.78 is 8.71. The molecule has 0 amide bonds. The highest BCUT2D eigenvalue weighted by Crippen LogP contribution is 2.39. The number of nitrogens with zero attached hydrogens (tertiary/aromatic N) is 3. The summed E-state index contributed by atoms with van der Waals surface area (Å²) in [4.78, 5) is 15.3. The average Bonchev–Trinajstić information content (AvgIpc) is 3.72. The first-order chi connectivity index (χ1) is 23.7. The van der Waals surface area contributed by atoms with Crippen LogP contribution >= 0.6 is 11.3 Å². The maximum atomic E-state index is 6.23. The number of benzene rings is 7. The van der Waals surface area contributed by atoms with Crippen molar-refractivity contribution in [3.8, 4) is 45.3 Å². The van der Waals surface area contributed by atoms with Gasteiger partial charge in [-0.2, -0.15) is 0 Å². The zero-order valence-electron chi connectivity index (χ0n) is 25.6. The molecular weight excluding hydrogens is 607 g/mol. The van der Waals surface area contributed by atoms with E-state index in [4.69, 9.17) is 19.4 Å². The van der Waals surface area contributed by atoms with Gasteiger partial charge in [0.15, 0.2) is 17.5 Å². The van der Waals surface area contributed by atoms with Crippen molar-refractivity contribution in [3.05, 3.63) is 152 Å². The highest BCUT2D eigenvalue weighted by molar-refractivity contribution is 7.25. The summed E-state index contributed by atoms with van der Waals surface area (Å²) in [6.45, 7) is 0. The summed E-state index contributed by atoms with van der Waals surface area (Å²) in [7, 11) is 0. The summed E-state index contributed by atoms with van der Waals surface area (Å²) in [6, 6.07) is 52.8. The van der Waals surface area contributed by atoms with Crippen molar-refractivity contribution in [2.24, 2.45) is 0 Å². The van der Waals surface area contributed by atoms with Crippen molar-refractivity contribution in [1.29, 1.82) is 0 Å². The molecule has 5 heteroatoms. The topological polar surface area (TPSA) is 51.8 Å². The molecule has 0 atom stereocenters. The van der Waals surface area contributed by atoms with Crippen LogP contribution in [-0.2, 0) is 0 Å². The van der Waals surface area contributed by atoms with E-state index in [0.717, 1.165) is 44.2 Å². The van der Waals surface area contributed by atoms with E-state index in [-0.39, 0.29) is 0 Å². The third-order valence-electron chi connectivity index (χ3n) is 9.14. The largest absolute Gasteiger partial charge is 0.456 e. The predicted molar refractivity (Wildman–Crippen MR) is 199 cm³/mol. The third kappa shape index (κ3) is 4.40. The lowest BCUT2D eigenvalue weighted by molar-refractivity contribution is 0.669. The lowest BCUT2D eigenvalue weighted by atomic mass is 10.00. The van der Waals surface area contributed by atoms with E-state index in [1.165, 1.54) is 36.5 Å². The Kier molecular flexibility index (Phi) is 6.01. The monoisotopic (exact) mass is 631 g/mol. The van der Waals surface area contributed by atoms with Gasteiger partial charge in [-0.3, -0.25) is 0 Å². The number of thiophene rings is 1. The molecule has 0 bridgehead atoms. The van der Waals surface area contributed by atoms with Crippen LogP contribution in [0.3, 0.4) is 0 Å². The molecule has 224 valence electrons. The van der Waals surface area contributed by atoms with Gasteiger partial charge in [0.05, 0.1) is 0 Å².